The molecule has 0 aromatic carbocycles. The van der Waals surface area contributed by atoms with Gasteiger partial charge in [0, 0.05) is 18.2 Å². The molecule has 2 unspecified atom stereocenters. The van der Waals surface area contributed by atoms with Crippen molar-refractivity contribution in [3.63, 3.8) is 0 Å². The maximum Gasteiger partial charge on any atom is 0.223 e. The van der Waals surface area contributed by atoms with Gasteiger partial charge in [-0.25, -0.2) is 28.9 Å². The lowest BCUT2D eigenvalue weighted by molar-refractivity contribution is -0.127. The van der Waals surface area contributed by atoms with Gasteiger partial charge in [-0.1, -0.05) is 6.07 Å². The molecule has 0 radical (unpaired) electrons. The predicted octanol–water partition coefficient (Wildman–Crippen LogP) is 3.97. The van der Waals surface area contributed by atoms with E-state index in [1.165, 1.54) is 10.9 Å². The lowest BCUT2D eigenvalue weighted by atomic mass is 9.77. The summed E-state index contributed by atoms with van der Waals surface area (Å²) in [6.45, 7) is 5.91. The number of aryl methyl sites for hydroxylation is 1. The maximum absolute atomic E-state index is 16.1. The number of aromatic nitrogens is 4. The van der Waals surface area contributed by atoms with Gasteiger partial charge in [0.1, 0.15) is 5.82 Å². The van der Waals surface area contributed by atoms with Crippen LogP contribution in [0.2, 0.25) is 0 Å². The molecule has 2 fully saturated rings. The number of hydrogen-bond donors (Lipinski definition) is 4. The molecule has 1 saturated heterocycles. The van der Waals surface area contributed by atoms with Crippen molar-refractivity contribution in [2.75, 3.05) is 5.32 Å². The van der Waals surface area contributed by atoms with Crippen molar-refractivity contribution >= 4 is 11.7 Å². The van der Waals surface area contributed by atoms with Crippen LogP contribution in [-0.2, 0) is 10.5 Å². The molecular weight excluding hydrogens is 490 g/mol. The van der Waals surface area contributed by atoms with E-state index in [-0.39, 0.29) is 36.9 Å². The minimum absolute atomic E-state index is 0.0316. The second-order valence-corrected chi connectivity index (χ2v) is 10.6. The summed E-state index contributed by atoms with van der Waals surface area (Å²) in [5, 5.41) is 10.3. The van der Waals surface area contributed by atoms with Crippen molar-refractivity contribution in [2.45, 2.75) is 76.8 Å². The Bertz CT molecular complexity index is 1270. The minimum Gasteiger partial charge on any atom is -0.354 e. The van der Waals surface area contributed by atoms with E-state index in [0.29, 0.717) is 36.2 Å². The first kappa shape index (κ1) is 26.2. The molecule has 3 atom stereocenters. The molecule has 9 nitrogen and oxygen atoms in total. The van der Waals surface area contributed by atoms with Gasteiger partial charge in [0.15, 0.2) is 17.3 Å². The van der Waals surface area contributed by atoms with E-state index in [1.54, 1.807) is 12.3 Å². The molecule has 1 amide bonds. The molecule has 1 aliphatic heterocycles. The molecule has 2 aliphatic rings. The molecule has 11 heteroatoms. The Labute approximate surface area is 220 Å². The minimum atomic E-state index is -1.56. The topological polar surface area (TPSA) is 109 Å². The van der Waals surface area contributed by atoms with Gasteiger partial charge in [-0.2, -0.15) is 5.10 Å². The third-order valence-corrected chi connectivity index (χ3v) is 7.41. The van der Waals surface area contributed by atoms with Gasteiger partial charge < -0.3 is 10.6 Å². The number of rotatable bonds is 7. The molecule has 3 aromatic heterocycles. The van der Waals surface area contributed by atoms with E-state index in [9.17, 15) is 9.18 Å². The average molecular weight is 525 g/mol. The highest BCUT2D eigenvalue weighted by atomic mass is 19.1. The number of hydrazine groups is 1. The first-order valence-corrected chi connectivity index (χ1v) is 13.1. The fourth-order valence-electron chi connectivity index (χ4n) is 5.18. The molecule has 4 heterocycles. The number of pyridine rings is 2. The average Bonchev–Trinajstić information content (AvgIpc) is 3.51. The number of anilines is 1. The van der Waals surface area contributed by atoms with Crippen LogP contribution in [0.15, 0.2) is 42.9 Å². The largest absolute Gasteiger partial charge is 0.354 e. The summed E-state index contributed by atoms with van der Waals surface area (Å²) >= 11 is 0. The third-order valence-electron chi connectivity index (χ3n) is 7.41. The Morgan fingerprint density at radius 1 is 1.21 bits per heavy atom. The van der Waals surface area contributed by atoms with Gasteiger partial charge >= 0.3 is 0 Å². The highest BCUT2D eigenvalue weighted by Gasteiger charge is 2.40. The lowest BCUT2D eigenvalue weighted by Crippen LogP contribution is -2.38. The van der Waals surface area contributed by atoms with Crippen molar-refractivity contribution in [1.82, 2.24) is 35.9 Å². The van der Waals surface area contributed by atoms with Crippen molar-refractivity contribution in [3.05, 3.63) is 65.5 Å². The quantitative estimate of drug-likeness (QED) is 0.370. The predicted molar refractivity (Wildman–Crippen MR) is 139 cm³/mol. The summed E-state index contributed by atoms with van der Waals surface area (Å²) in [4.78, 5) is 21.9. The van der Waals surface area contributed by atoms with Crippen LogP contribution in [0.1, 0.15) is 68.8 Å². The van der Waals surface area contributed by atoms with Crippen LogP contribution in [0.3, 0.4) is 0 Å². The number of alkyl halides is 1. The van der Waals surface area contributed by atoms with E-state index in [1.807, 2.05) is 32.0 Å². The Morgan fingerprint density at radius 3 is 2.63 bits per heavy atom. The summed E-state index contributed by atoms with van der Waals surface area (Å²) in [5.74, 6) is 0.336. The number of nitrogens with one attached hydrogen (secondary N) is 4. The van der Waals surface area contributed by atoms with Gasteiger partial charge in [-0.05, 0) is 82.2 Å². The highest BCUT2D eigenvalue weighted by molar-refractivity contribution is 5.79. The molecule has 202 valence electrons. The number of hydrogen-bond acceptors (Lipinski definition) is 7. The summed E-state index contributed by atoms with van der Waals surface area (Å²) in [6, 6.07) is 7.35. The Balaban J connectivity index is 1.17. The maximum atomic E-state index is 16.1. The summed E-state index contributed by atoms with van der Waals surface area (Å²) < 4.78 is 30.7. The van der Waals surface area contributed by atoms with Crippen LogP contribution in [0.25, 0.3) is 5.82 Å². The van der Waals surface area contributed by atoms with E-state index in [4.69, 9.17) is 0 Å². The molecule has 1 saturated carbocycles. The van der Waals surface area contributed by atoms with E-state index < -0.39 is 11.5 Å². The fraction of sp³-hybridized carbons (Fsp3) is 0.481. The third kappa shape index (κ3) is 5.83. The van der Waals surface area contributed by atoms with Crippen LogP contribution < -0.4 is 21.5 Å². The van der Waals surface area contributed by atoms with Gasteiger partial charge in [-0.3, -0.25) is 10.2 Å². The van der Waals surface area contributed by atoms with Crippen LogP contribution in [0, 0.1) is 18.7 Å². The second-order valence-electron chi connectivity index (χ2n) is 10.6. The zero-order valence-corrected chi connectivity index (χ0v) is 21.8. The van der Waals surface area contributed by atoms with Crippen molar-refractivity contribution in [3.8, 4) is 5.82 Å². The second kappa shape index (κ2) is 10.7. The first-order valence-electron chi connectivity index (χ1n) is 13.1. The summed E-state index contributed by atoms with van der Waals surface area (Å²) in [6.07, 6.45) is 6.30. The molecular formula is C27H34F2N8O. The fourth-order valence-corrected chi connectivity index (χ4v) is 5.18. The van der Waals surface area contributed by atoms with Crippen LogP contribution in [-0.4, -0.2) is 37.9 Å². The number of halogens is 2. The zero-order valence-electron chi connectivity index (χ0n) is 21.8. The molecule has 38 heavy (non-hydrogen) atoms. The van der Waals surface area contributed by atoms with E-state index in [2.05, 4.69) is 43.5 Å². The number of carbonyl (C=O) groups excluding carboxylic acids is 1. The van der Waals surface area contributed by atoms with Gasteiger partial charge in [-0.15, -0.1) is 0 Å². The van der Waals surface area contributed by atoms with Crippen LogP contribution >= 0.6 is 0 Å². The lowest BCUT2D eigenvalue weighted by Gasteiger charge is -2.34. The molecule has 4 N–H and O–H groups in total. The monoisotopic (exact) mass is 524 g/mol. The molecule has 5 rings (SSSR count). The number of carbonyl (C=O) groups is 1. The highest BCUT2D eigenvalue weighted by Crippen LogP contribution is 2.43. The smallest absolute Gasteiger partial charge is 0.223 e. The number of amides is 1. The van der Waals surface area contributed by atoms with Gasteiger partial charge in [0.25, 0.3) is 0 Å². The van der Waals surface area contributed by atoms with Crippen LogP contribution in [0.5, 0.6) is 0 Å². The van der Waals surface area contributed by atoms with Gasteiger partial charge in [0.2, 0.25) is 5.91 Å². The standard InChI is InChI=1S/C27H34F2N8O/c1-16-10-22(33-23(11-16)34-24-12-17(2)35-36-24)27(29)8-6-19(7-9-27)26(38)32-18(3)20-4-5-25(30-13-20)37-15-21(28)14-31-37/h4-5,10-11,13-15,17-19,24,35-36H,6-9,12H2,1-3H3,(H,32,38)(H,33,34)/t17?,18-,19?,24?,27?/m0/s1. The molecule has 1 aliphatic carbocycles. The number of nitrogens with zero attached hydrogens (tertiary/aromatic N) is 4. The first-order chi connectivity index (χ1) is 18.2. The normalized spacial score (nSPS) is 26.2. The molecule has 0 spiro atoms. The zero-order chi connectivity index (χ0) is 26.9. The summed E-state index contributed by atoms with van der Waals surface area (Å²) in [5.41, 5.74) is 6.97. The van der Waals surface area contributed by atoms with Crippen molar-refractivity contribution < 1.29 is 13.6 Å². The molecule has 3 aromatic rings. The van der Waals surface area contributed by atoms with E-state index in [0.717, 1.165) is 23.7 Å². The van der Waals surface area contributed by atoms with E-state index >= 15 is 4.39 Å². The van der Waals surface area contributed by atoms with Crippen molar-refractivity contribution in [1.29, 1.82) is 0 Å². The SMILES string of the molecule is Cc1cc(NC2CC(C)NN2)nc(C2(F)CCC(C(=O)N[C@@H](C)c3ccc(-n4cc(F)cn4)nc3)CC2)c1. The Morgan fingerprint density at radius 2 is 2.00 bits per heavy atom. The Hall–Kier alpha value is -3.44. The van der Waals surface area contributed by atoms with Crippen molar-refractivity contribution in [2.24, 2.45) is 5.92 Å². The van der Waals surface area contributed by atoms with Gasteiger partial charge in [0.05, 0.1) is 30.3 Å². The Kier molecular flexibility index (Phi) is 7.40. The van der Waals surface area contributed by atoms with Crippen LogP contribution in [0.4, 0.5) is 14.6 Å². The summed E-state index contributed by atoms with van der Waals surface area (Å²) in [7, 11) is 0. The molecule has 0 bridgehead atoms.